The number of carbonyl (C=O) groups excluding carboxylic acids is 1. The van der Waals surface area contributed by atoms with Gasteiger partial charge in [0.1, 0.15) is 5.75 Å². The molecule has 3 nitrogen and oxygen atoms in total. The lowest BCUT2D eigenvalue weighted by Gasteiger charge is -2.19. The van der Waals surface area contributed by atoms with Gasteiger partial charge in [-0.1, -0.05) is 30.3 Å². The minimum atomic E-state index is -0.0256. The molecule has 1 N–H and O–H groups in total. The molecule has 2 aromatic carbocycles. The van der Waals surface area contributed by atoms with E-state index in [0.717, 1.165) is 16.3 Å². The maximum absolute atomic E-state index is 11.8. The van der Waals surface area contributed by atoms with Crippen LogP contribution >= 0.6 is 11.6 Å². The van der Waals surface area contributed by atoms with Crippen LogP contribution in [0.4, 0.5) is 0 Å². The normalized spacial score (nSPS) is 10.6. The Morgan fingerprint density at radius 3 is 2.74 bits per heavy atom. The second-order valence-electron chi connectivity index (χ2n) is 4.47. The lowest BCUT2D eigenvalue weighted by atomic mass is 10.0. The third kappa shape index (κ3) is 2.99. The Morgan fingerprint density at radius 2 is 2.00 bits per heavy atom. The van der Waals surface area contributed by atoms with Crippen molar-refractivity contribution in [2.45, 2.75) is 13.0 Å². The number of aromatic hydroxyl groups is 1. The molecule has 2 rings (SSSR count). The summed E-state index contributed by atoms with van der Waals surface area (Å²) in [5.74, 6) is 0.497. The Labute approximate surface area is 117 Å². The van der Waals surface area contributed by atoms with E-state index in [1.807, 2.05) is 30.3 Å². The lowest BCUT2D eigenvalue weighted by Crippen LogP contribution is -2.26. The van der Waals surface area contributed by atoms with Gasteiger partial charge in [-0.2, -0.15) is 0 Å². The van der Waals surface area contributed by atoms with E-state index in [9.17, 15) is 9.90 Å². The Balaban J connectivity index is 2.34. The van der Waals surface area contributed by atoms with E-state index >= 15 is 0 Å². The van der Waals surface area contributed by atoms with Crippen molar-refractivity contribution in [2.75, 3.05) is 12.9 Å². The number of halogens is 1. The van der Waals surface area contributed by atoms with Crippen LogP contribution in [0.1, 0.15) is 12.0 Å². The van der Waals surface area contributed by atoms with Crippen LogP contribution in [0.3, 0.4) is 0 Å². The number of alkyl halides is 1. The summed E-state index contributed by atoms with van der Waals surface area (Å²) in [6.45, 7) is 0.378. The predicted octanol–water partition coefficient (Wildman–Crippen LogP) is 3.13. The van der Waals surface area contributed by atoms with Gasteiger partial charge in [-0.25, -0.2) is 0 Å². The number of rotatable bonds is 4. The highest BCUT2D eigenvalue weighted by Gasteiger charge is 2.13. The molecule has 0 radical (unpaired) electrons. The maximum atomic E-state index is 11.8. The smallest absolute Gasteiger partial charge is 0.223 e. The van der Waals surface area contributed by atoms with Crippen LogP contribution in [0.5, 0.6) is 5.75 Å². The third-order valence-corrected chi connectivity index (χ3v) is 3.33. The van der Waals surface area contributed by atoms with Gasteiger partial charge in [0.25, 0.3) is 0 Å². The van der Waals surface area contributed by atoms with E-state index in [1.54, 1.807) is 18.0 Å². The Hall–Kier alpha value is -1.74. The largest absolute Gasteiger partial charge is 0.508 e. The fourth-order valence-electron chi connectivity index (χ4n) is 2.09. The summed E-state index contributed by atoms with van der Waals surface area (Å²) < 4.78 is 0. The van der Waals surface area contributed by atoms with Gasteiger partial charge < -0.3 is 10.0 Å². The quantitative estimate of drug-likeness (QED) is 0.872. The second-order valence-corrected chi connectivity index (χ2v) is 4.85. The molecule has 0 heterocycles. The highest BCUT2D eigenvalue weighted by atomic mass is 35.5. The Kier molecular flexibility index (Phi) is 4.27. The van der Waals surface area contributed by atoms with Crippen LogP contribution in [0, 0.1) is 0 Å². The molecule has 1 amide bonds. The number of nitrogens with zero attached hydrogens (tertiary/aromatic N) is 1. The molecule has 0 spiro atoms. The third-order valence-electron chi connectivity index (χ3n) is 3.15. The minimum Gasteiger partial charge on any atom is -0.508 e. The number of benzene rings is 2. The molecule has 0 atom stereocenters. The zero-order valence-corrected chi connectivity index (χ0v) is 11.5. The van der Waals surface area contributed by atoms with E-state index < -0.39 is 0 Å². The molecular formula is C15H16ClNO2. The van der Waals surface area contributed by atoms with E-state index in [-0.39, 0.29) is 11.7 Å². The van der Waals surface area contributed by atoms with Crippen molar-refractivity contribution in [3.8, 4) is 5.75 Å². The molecule has 4 heteroatoms. The molecule has 19 heavy (non-hydrogen) atoms. The molecule has 0 saturated heterocycles. The van der Waals surface area contributed by atoms with Crippen LogP contribution < -0.4 is 0 Å². The monoisotopic (exact) mass is 277 g/mol. The second kappa shape index (κ2) is 5.93. The molecule has 0 aromatic heterocycles. The summed E-state index contributed by atoms with van der Waals surface area (Å²) in [6.07, 6.45) is 0.309. The van der Waals surface area contributed by atoms with Crippen molar-refractivity contribution in [1.29, 1.82) is 0 Å². The van der Waals surface area contributed by atoms with Crippen molar-refractivity contribution >= 4 is 28.3 Å². The van der Waals surface area contributed by atoms with E-state index in [0.29, 0.717) is 18.8 Å². The molecule has 0 aliphatic heterocycles. The number of hydrogen-bond donors (Lipinski definition) is 1. The molecule has 100 valence electrons. The van der Waals surface area contributed by atoms with E-state index in [2.05, 4.69) is 0 Å². The van der Waals surface area contributed by atoms with Gasteiger partial charge in [-0.05, 0) is 16.8 Å². The van der Waals surface area contributed by atoms with Crippen LogP contribution in [0.2, 0.25) is 0 Å². The van der Waals surface area contributed by atoms with Crippen LogP contribution in [0.15, 0.2) is 36.4 Å². The first-order valence-electron chi connectivity index (χ1n) is 6.13. The van der Waals surface area contributed by atoms with Gasteiger partial charge in [-0.3, -0.25) is 4.79 Å². The Morgan fingerprint density at radius 1 is 1.26 bits per heavy atom. The predicted molar refractivity (Wildman–Crippen MR) is 77.4 cm³/mol. The average Bonchev–Trinajstić information content (AvgIpc) is 2.42. The van der Waals surface area contributed by atoms with Gasteiger partial charge >= 0.3 is 0 Å². The minimum absolute atomic E-state index is 0.0256. The summed E-state index contributed by atoms with van der Waals surface area (Å²) in [5.41, 5.74) is 0.767. The molecule has 0 bridgehead atoms. The first-order chi connectivity index (χ1) is 9.13. The summed E-state index contributed by atoms with van der Waals surface area (Å²) in [4.78, 5) is 13.3. The van der Waals surface area contributed by atoms with Crippen LogP contribution in [0.25, 0.3) is 10.8 Å². The molecule has 0 saturated carbocycles. The molecule has 0 aliphatic rings. The summed E-state index contributed by atoms with van der Waals surface area (Å²) in [6, 6.07) is 11.3. The highest BCUT2D eigenvalue weighted by Crippen LogP contribution is 2.28. The molecule has 2 aromatic rings. The topological polar surface area (TPSA) is 40.5 Å². The van der Waals surface area contributed by atoms with Gasteiger partial charge in [0, 0.05) is 31.5 Å². The summed E-state index contributed by atoms with van der Waals surface area (Å²) >= 11 is 5.57. The number of carbonyl (C=O) groups is 1. The standard InChI is InChI=1S/C15H16ClNO2/c1-17(15(19)8-9-16)10-13-12-5-3-2-4-11(12)6-7-14(13)18/h2-7,18H,8-10H2,1H3. The first-order valence-corrected chi connectivity index (χ1v) is 6.66. The number of phenols is 1. The van der Waals surface area contributed by atoms with Crippen molar-refractivity contribution in [1.82, 2.24) is 4.90 Å². The van der Waals surface area contributed by atoms with Crippen LogP contribution in [-0.4, -0.2) is 28.8 Å². The molecular weight excluding hydrogens is 262 g/mol. The highest BCUT2D eigenvalue weighted by molar-refractivity contribution is 6.18. The Bertz CT molecular complexity index is 598. The van der Waals surface area contributed by atoms with E-state index in [4.69, 9.17) is 11.6 Å². The first kappa shape index (κ1) is 13.7. The number of phenolic OH excluding ortho intramolecular Hbond substituents is 1. The van der Waals surface area contributed by atoms with Gasteiger partial charge in [0.05, 0.1) is 0 Å². The maximum Gasteiger partial charge on any atom is 0.223 e. The van der Waals surface area contributed by atoms with Gasteiger partial charge in [-0.15, -0.1) is 11.6 Å². The SMILES string of the molecule is CN(Cc1c(O)ccc2ccccc12)C(=O)CCCl. The van der Waals surface area contributed by atoms with Crippen molar-refractivity contribution < 1.29 is 9.90 Å². The molecule has 0 unspecified atom stereocenters. The van der Waals surface area contributed by atoms with Gasteiger partial charge in [0.2, 0.25) is 5.91 Å². The molecule has 0 aliphatic carbocycles. The number of fused-ring (bicyclic) bond motifs is 1. The zero-order chi connectivity index (χ0) is 13.8. The van der Waals surface area contributed by atoms with E-state index in [1.165, 1.54) is 0 Å². The van der Waals surface area contributed by atoms with Gasteiger partial charge in [0.15, 0.2) is 0 Å². The number of amides is 1. The summed E-state index contributed by atoms with van der Waals surface area (Å²) in [7, 11) is 1.72. The van der Waals surface area contributed by atoms with Crippen molar-refractivity contribution in [3.05, 3.63) is 42.0 Å². The number of hydrogen-bond acceptors (Lipinski definition) is 2. The van der Waals surface area contributed by atoms with Crippen molar-refractivity contribution in [2.24, 2.45) is 0 Å². The average molecular weight is 278 g/mol. The lowest BCUT2D eigenvalue weighted by molar-refractivity contribution is -0.129. The fraction of sp³-hybridized carbons (Fsp3) is 0.267. The van der Waals surface area contributed by atoms with Crippen LogP contribution in [-0.2, 0) is 11.3 Å². The van der Waals surface area contributed by atoms with Crippen molar-refractivity contribution in [3.63, 3.8) is 0 Å². The fourth-order valence-corrected chi connectivity index (χ4v) is 2.25. The zero-order valence-electron chi connectivity index (χ0n) is 10.8. The summed E-state index contributed by atoms with van der Waals surface area (Å²) in [5, 5.41) is 12.0. The molecule has 0 fully saturated rings.